The van der Waals surface area contributed by atoms with Gasteiger partial charge in [0.2, 0.25) is 0 Å². The molecular weight excluding hydrogens is 261 g/mol. The Hall–Kier alpha value is -0.890. The second-order valence-corrected chi connectivity index (χ2v) is 6.96. The molecule has 1 fully saturated rings. The highest BCUT2D eigenvalue weighted by atomic mass is 19.1. The van der Waals surface area contributed by atoms with Crippen LogP contribution in [0.4, 0.5) is 4.39 Å². The van der Waals surface area contributed by atoms with E-state index < -0.39 is 0 Å². The first-order chi connectivity index (χ1) is 10.0. The van der Waals surface area contributed by atoms with E-state index in [1.807, 2.05) is 6.07 Å². The highest BCUT2D eigenvalue weighted by Crippen LogP contribution is 2.40. The lowest BCUT2D eigenvalue weighted by Gasteiger charge is -2.36. The molecule has 0 aliphatic heterocycles. The number of benzene rings is 1. The molecule has 2 heteroatoms. The zero-order chi connectivity index (χ0) is 15.4. The summed E-state index contributed by atoms with van der Waals surface area (Å²) < 4.78 is 13.7. The lowest BCUT2D eigenvalue weighted by Crippen LogP contribution is -2.32. The third-order valence-electron chi connectivity index (χ3n) is 5.23. The van der Waals surface area contributed by atoms with Crippen molar-refractivity contribution >= 4 is 0 Å². The minimum Gasteiger partial charge on any atom is -0.310 e. The lowest BCUT2D eigenvalue weighted by molar-refractivity contribution is 0.189. The first-order valence-corrected chi connectivity index (χ1v) is 8.52. The molecule has 1 unspecified atom stereocenters. The molecule has 1 saturated carbocycles. The van der Waals surface area contributed by atoms with Crippen molar-refractivity contribution in [3.8, 4) is 0 Å². The van der Waals surface area contributed by atoms with Gasteiger partial charge in [-0.1, -0.05) is 26.8 Å². The normalized spacial score (nSPS) is 24.3. The summed E-state index contributed by atoms with van der Waals surface area (Å²) in [6.45, 7) is 9.85. The highest BCUT2D eigenvalue weighted by molar-refractivity contribution is 5.30. The van der Waals surface area contributed by atoms with E-state index in [4.69, 9.17) is 0 Å². The van der Waals surface area contributed by atoms with E-state index in [-0.39, 0.29) is 5.82 Å². The molecule has 0 amide bonds. The molecule has 2 rings (SSSR count). The Bertz CT molecular complexity index is 447. The predicted molar refractivity (Wildman–Crippen MR) is 87.8 cm³/mol. The quantitative estimate of drug-likeness (QED) is 0.781. The number of nitrogens with one attached hydrogen (secondary N) is 1. The summed E-state index contributed by atoms with van der Waals surface area (Å²) in [5.41, 5.74) is 2.36. The zero-order valence-electron chi connectivity index (χ0n) is 14.0. The smallest absolute Gasteiger partial charge is 0.123 e. The molecule has 1 nitrogen and oxygen atoms in total. The fraction of sp³-hybridized carbons (Fsp3) is 0.684. The predicted octanol–water partition coefficient (Wildman–Crippen LogP) is 5.25. The number of hydrogen-bond donors (Lipinski definition) is 1. The third-order valence-corrected chi connectivity index (χ3v) is 5.23. The van der Waals surface area contributed by atoms with Crippen LogP contribution in [0.2, 0.25) is 0 Å². The number of aryl methyl sites for hydroxylation is 1. The Morgan fingerprint density at radius 1 is 1.14 bits per heavy atom. The van der Waals surface area contributed by atoms with E-state index >= 15 is 0 Å². The Balaban J connectivity index is 2.14. The number of hydrogen-bond acceptors (Lipinski definition) is 1. The molecule has 1 aliphatic rings. The lowest BCUT2D eigenvalue weighted by atomic mass is 9.73. The van der Waals surface area contributed by atoms with E-state index in [0.29, 0.717) is 12.0 Å². The minimum atomic E-state index is -0.116. The maximum atomic E-state index is 13.7. The molecule has 1 N–H and O–H groups in total. The molecule has 0 spiro atoms. The first kappa shape index (κ1) is 16.5. The van der Waals surface area contributed by atoms with Crippen LogP contribution in [0.1, 0.15) is 63.6 Å². The molecule has 1 aliphatic carbocycles. The standard InChI is InChI=1S/C19H30FN/c1-5-21-19(18-12-17(20)11-6-14(18)4)16-9-7-15(8-10-16)13(2)3/h6,11-13,15-16,19,21H,5,7-10H2,1-4H3. The van der Waals surface area contributed by atoms with Gasteiger partial charge in [0.25, 0.3) is 0 Å². The van der Waals surface area contributed by atoms with Gasteiger partial charge in [-0.25, -0.2) is 4.39 Å². The molecule has 0 heterocycles. The van der Waals surface area contributed by atoms with Crippen molar-refractivity contribution in [3.63, 3.8) is 0 Å². The van der Waals surface area contributed by atoms with Gasteiger partial charge in [0.15, 0.2) is 0 Å². The summed E-state index contributed by atoms with van der Waals surface area (Å²) in [7, 11) is 0. The summed E-state index contributed by atoms with van der Waals surface area (Å²) in [5, 5.41) is 3.61. The van der Waals surface area contributed by atoms with Gasteiger partial charge in [-0.05, 0) is 80.2 Å². The van der Waals surface area contributed by atoms with Crippen molar-refractivity contribution < 1.29 is 4.39 Å². The first-order valence-electron chi connectivity index (χ1n) is 8.52. The SMILES string of the molecule is CCNC(c1cc(F)ccc1C)C1CCC(C(C)C)CC1. The maximum Gasteiger partial charge on any atom is 0.123 e. The third kappa shape index (κ3) is 4.06. The Morgan fingerprint density at radius 2 is 1.76 bits per heavy atom. The van der Waals surface area contributed by atoms with Crippen molar-refractivity contribution in [2.75, 3.05) is 6.54 Å². The minimum absolute atomic E-state index is 0.116. The monoisotopic (exact) mass is 291 g/mol. The molecule has 118 valence electrons. The average molecular weight is 291 g/mol. The Labute approximate surface area is 129 Å². The van der Waals surface area contributed by atoms with Gasteiger partial charge in [0, 0.05) is 6.04 Å². The van der Waals surface area contributed by atoms with Crippen LogP contribution >= 0.6 is 0 Å². The van der Waals surface area contributed by atoms with Crippen molar-refractivity contribution in [1.29, 1.82) is 0 Å². The van der Waals surface area contributed by atoms with Gasteiger partial charge in [0.1, 0.15) is 5.82 Å². The fourth-order valence-electron chi connectivity index (χ4n) is 3.84. The van der Waals surface area contributed by atoms with Gasteiger partial charge in [-0.3, -0.25) is 0 Å². The van der Waals surface area contributed by atoms with Gasteiger partial charge >= 0.3 is 0 Å². The summed E-state index contributed by atoms with van der Waals surface area (Å²) in [4.78, 5) is 0. The van der Waals surface area contributed by atoms with Crippen LogP contribution in [-0.4, -0.2) is 6.54 Å². The van der Waals surface area contributed by atoms with Gasteiger partial charge in [-0.2, -0.15) is 0 Å². The molecule has 1 aromatic rings. The topological polar surface area (TPSA) is 12.0 Å². The molecule has 0 radical (unpaired) electrons. The number of rotatable bonds is 5. The van der Waals surface area contributed by atoms with Crippen molar-refractivity contribution in [3.05, 3.63) is 35.1 Å². The molecule has 0 bridgehead atoms. The van der Waals surface area contributed by atoms with Crippen molar-refractivity contribution in [2.24, 2.45) is 17.8 Å². The summed E-state index contributed by atoms with van der Waals surface area (Å²) in [6.07, 6.45) is 5.16. The second-order valence-electron chi connectivity index (χ2n) is 6.96. The fourth-order valence-corrected chi connectivity index (χ4v) is 3.84. The average Bonchev–Trinajstić information content (AvgIpc) is 2.48. The highest BCUT2D eigenvalue weighted by Gasteiger charge is 2.30. The van der Waals surface area contributed by atoms with Crippen LogP contribution in [0.3, 0.4) is 0 Å². The number of halogens is 1. The van der Waals surface area contributed by atoms with Crippen LogP contribution in [0, 0.1) is 30.5 Å². The zero-order valence-corrected chi connectivity index (χ0v) is 14.0. The summed E-state index contributed by atoms with van der Waals surface area (Å²) in [6, 6.07) is 5.52. The van der Waals surface area contributed by atoms with Crippen LogP contribution in [-0.2, 0) is 0 Å². The van der Waals surface area contributed by atoms with E-state index in [2.05, 4.69) is 33.0 Å². The van der Waals surface area contributed by atoms with Crippen LogP contribution in [0.5, 0.6) is 0 Å². The van der Waals surface area contributed by atoms with Gasteiger partial charge in [-0.15, -0.1) is 0 Å². The Kier molecular flexibility index (Phi) is 5.80. The van der Waals surface area contributed by atoms with Crippen LogP contribution in [0.15, 0.2) is 18.2 Å². The Morgan fingerprint density at radius 3 is 2.33 bits per heavy atom. The van der Waals surface area contributed by atoms with E-state index in [9.17, 15) is 4.39 Å². The second kappa shape index (κ2) is 7.40. The van der Waals surface area contributed by atoms with Gasteiger partial charge < -0.3 is 5.32 Å². The summed E-state index contributed by atoms with van der Waals surface area (Å²) >= 11 is 0. The maximum absolute atomic E-state index is 13.7. The molecule has 21 heavy (non-hydrogen) atoms. The summed E-state index contributed by atoms with van der Waals surface area (Å²) in [5.74, 6) is 2.19. The van der Waals surface area contributed by atoms with E-state index in [1.165, 1.54) is 31.2 Å². The molecular formula is C19H30FN. The molecule has 0 aromatic heterocycles. The molecule has 0 saturated heterocycles. The molecule has 1 atom stereocenters. The van der Waals surface area contributed by atoms with Gasteiger partial charge in [0.05, 0.1) is 0 Å². The largest absolute Gasteiger partial charge is 0.310 e. The van der Waals surface area contributed by atoms with E-state index in [1.54, 1.807) is 12.1 Å². The van der Waals surface area contributed by atoms with Crippen LogP contribution < -0.4 is 5.32 Å². The van der Waals surface area contributed by atoms with Crippen molar-refractivity contribution in [2.45, 2.75) is 59.4 Å². The van der Waals surface area contributed by atoms with E-state index in [0.717, 1.165) is 23.9 Å². The molecule has 1 aromatic carbocycles. The van der Waals surface area contributed by atoms with Crippen molar-refractivity contribution in [1.82, 2.24) is 5.32 Å². The van der Waals surface area contributed by atoms with Crippen LogP contribution in [0.25, 0.3) is 0 Å².